The number of alkyl halides is 3. The van der Waals surface area contributed by atoms with Crippen molar-refractivity contribution in [1.82, 2.24) is 5.32 Å². The van der Waals surface area contributed by atoms with Crippen molar-refractivity contribution in [1.29, 1.82) is 0 Å². The van der Waals surface area contributed by atoms with Gasteiger partial charge < -0.3 is 14.8 Å². The van der Waals surface area contributed by atoms with Gasteiger partial charge in [-0.3, -0.25) is 0 Å². The minimum Gasteiger partial charge on any atom is -0.378 e. The molecule has 2 aromatic rings. The highest BCUT2D eigenvalue weighted by Gasteiger charge is 2.47. The second-order valence-corrected chi connectivity index (χ2v) is 7.39. The fourth-order valence-electron chi connectivity index (χ4n) is 4.20. The summed E-state index contributed by atoms with van der Waals surface area (Å²) in [4.78, 5) is 0. The van der Waals surface area contributed by atoms with Gasteiger partial charge in [0.25, 0.3) is 0 Å². The van der Waals surface area contributed by atoms with Gasteiger partial charge in [-0.05, 0) is 35.7 Å². The van der Waals surface area contributed by atoms with Crippen molar-refractivity contribution in [3.8, 4) is 0 Å². The molecule has 2 heterocycles. The molecule has 2 fully saturated rings. The van der Waals surface area contributed by atoms with Crippen LogP contribution in [0.15, 0.2) is 48.5 Å². The zero-order valence-electron chi connectivity index (χ0n) is 15.1. The molecule has 3 atom stereocenters. The largest absolute Gasteiger partial charge is 0.416 e. The summed E-state index contributed by atoms with van der Waals surface area (Å²) in [5, 5.41) is 3.42. The third-order valence-electron chi connectivity index (χ3n) is 5.51. The first kappa shape index (κ1) is 19.4. The van der Waals surface area contributed by atoms with Gasteiger partial charge in [-0.1, -0.05) is 30.3 Å². The molecule has 150 valence electrons. The predicted molar refractivity (Wildman–Crippen MR) is 95.4 cm³/mol. The summed E-state index contributed by atoms with van der Waals surface area (Å²) in [5.41, 5.74) is 0.0745. The molecule has 7 heteroatoms. The SMILES string of the molecule is Fc1ccc([C@@H]2NCCOC23COC[C@H](c2cccc(C(F)(F)F)c2)C3)cc1. The van der Waals surface area contributed by atoms with Crippen LogP contribution in [0.2, 0.25) is 0 Å². The molecule has 0 amide bonds. The summed E-state index contributed by atoms with van der Waals surface area (Å²) in [6.45, 7) is 1.79. The van der Waals surface area contributed by atoms with E-state index in [-0.39, 0.29) is 17.8 Å². The third kappa shape index (κ3) is 3.79. The maximum Gasteiger partial charge on any atom is 0.416 e. The molecule has 0 aromatic heterocycles. The van der Waals surface area contributed by atoms with Crippen molar-refractivity contribution in [2.24, 2.45) is 0 Å². The van der Waals surface area contributed by atoms with Crippen LogP contribution < -0.4 is 5.32 Å². The van der Waals surface area contributed by atoms with Crippen LogP contribution in [0, 0.1) is 5.82 Å². The fraction of sp³-hybridized carbons (Fsp3) is 0.429. The first-order chi connectivity index (χ1) is 13.4. The van der Waals surface area contributed by atoms with E-state index in [2.05, 4.69) is 5.32 Å². The van der Waals surface area contributed by atoms with Gasteiger partial charge in [0, 0.05) is 12.5 Å². The first-order valence-electron chi connectivity index (χ1n) is 9.25. The fourth-order valence-corrected chi connectivity index (χ4v) is 4.20. The number of halogens is 4. The summed E-state index contributed by atoms with van der Waals surface area (Å²) in [5.74, 6) is -0.546. The summed E-state index contributed by atoms with van der Waals surface area (Å²) in [7, 11) is 0. The van der Waals surface area contributed by atoms with E-state index in [0.717, 1.165) is 11.6 Å². The molecule has 0 saturated carbocycles. The summed E-state index contributed by atoms with van der Waals surface area (Å²) in [6, 6.07) is 11.4. The monoisotopic (exact) mass is 395 g/mol. The highest BCUT2D eigenvalue weighted by Crippen LogP contribution is 2.43. The van der Waals surface area contributed by atoms with Crippen LogP contribution in [0.4, 0.5) is 17.6 Å². The van der Waals surface area contributed by atoms with E-state index in [1.165, 1.54) is 24.3 Å². The molecule has 1 spiro atoms. The van der Waals surface area contributed by atoms with Gasteiger partial charge >= 0.3 is 6.18 Å². The normalized spacial score (nSPS) is 28.4. The van der Waals surface area contributed by atoms with Crippen molar-refractivity contribution in [2.45, 2.75) is 30.2 Å². The van der Waals surface area contributed by atoms with Crippen LogP contribution in [0.1, 0.15) is 35.1 Å². The van der Waals surface area contributed by atoms with Crippen molar-refractivity contribution in [2.75, 3.05) is 26.4 Å². The average molecular weight is 395 g/mol. The van der Waals surface area contributed by atoms with E-state index < -0.39 is 17.3 Å². The molecule has 1 N–H and O–H groups in total. The zero-order valence-corrected chi connectivity index (χ0v) is 15.1. The molecular weight excluding hydrogens is 374 g/mol. The van der Waals surface area contributed by atoms with Gasteiger partial charge in [-0.2, -0.15) is 13.2 Å². The van der Waals surface area contributed by atoms with Gasteiger partial charge in [0.15, 0.2) is 0 Å². The lowest BCUT2D eigenvalue weighted by Crippen LogP contribution is -2.57. The van der Waals surface area contributed by atoms with E-state index >= 15 is 0 Å². The average Bonchev–Trinajstić information content (AvgIpc) is 2.69. The number of ether oxygens (including phenoxy) is 2. The van der Waals surface area contributed by atoms with Crippen LogP contribution in [-0.4, -0.2) is 32.0 Å². The highest BCUT2D eigenvalue weighted by atomic mass is 19.4. The molecule has 2 aromatic carbocycles. The topological polar surface area (TPSA) is 30.5 Å². The molecule has 0 radical (unpaired) electrons. The Morgan fingerprint density at radius 2 is 1.82 bits per heavy atom. The lowest BCUT2D eigenvalue weighted by atomic mass is 9.77. The van der Waals surface area contributed by atoms with Crippen LogP contribution in [-0.2, 0) is 15.7 Å². The smallest absolute Gasteiger partial charge is 0.378 e. The summed E-state index contributed by atoms with van der Waals surface area (Å²) >= 11 is 0. The minimum atomic E-state index is -4.39. The lowest BCUT2D eigenvalue weighted by Gasteiger charge is -2.48. The molecule has 2 aliphatic heterocycles. The number of morpholine rings is 1. The Hall–Kier alpha value is -1.96. The zero-order chi connectivity index (χ0) is 19.8. The number of benzene rings is 2. The van der Waals surface area contributed by atoms with Crippen molar-refractivity contribution < 1.29 is 27.0 Å². The van der Waals surface area contributed by atoms with Crippen LogP contribution >= 0.6 is 0 Å². The molecule has 28 heavy (non-hydrogen) atoms. The third-order valence-corrected chi connectivity index (χ3v) is 5.51. The van der Waals surface area contributed by atoms with Crippen molar-refractivity contribution in [3.05, 3.63) is 71.0 Å². The minimum absolute atomic E-state index is 0.223. The Kier molecular flexibility index (Phi) is 5.16. The molecular formula is C21H21F4NO2. The lowest BCUT2D eigenvalue weighted by molar-refractivity contribution is -0.171. The summed E-state index contributed by atoms with van der Waals surface area (Å²) < 4.78 is 64.6. The second kappa shape index (κ2) is 7.46. The number of nitrogens with one attached hydrogen (secondary N) is 1. The Labute approximate surface area is 160 Å². The van der Waals surface area contributed by atoms with Crippen molar-refractivity contribution in [3.63, 3.8) is 0 Å². The Morgan fingerprint density at radius 3 is 2.57 bits per heavy atom. The Morgan fingerprint density at radius 1 is 1.04 bits per heavy atom. The number of hydrogen-bond acceptors (Lipinski definition) is 3. The molecule has 0 bridgehead atoms. The molecule has 0 aliphatic carbocycles. The molecule has 4 rings (SSSR count). The van der Waals surface area contributed by atoms with E-state index in [0.29, 0.717) is 38.3 Å². The van der Waals surface area contributed by atoms with Crippen LogP contribution in [0.25, 0.3) is 0 Å². The van der Waals surface area contributed by atoms with Gasteiger partial charge in [0.05, 0.1) is 31.4 Å². The Bertz CT molecular complexity index is 820. The predicted octanol–water partition coefficient (Wildman–Crippen LogP) is 4.45. The molecule has 3 nitrogen and oxygen atoms in total. The van der Waals surface area contributed by atoms with E-state index in [9.17, 15) is 17.6 Å². The number of rotatable bonds is 2. The molecule has 1 unspecified atom stereocenters. The summed E-state index contributed by atoms with van der Waals surface area (Å²) in [6.07, 6.45) is -3.87. The molecule has 2 aliphatic rings. The van der Waals surface area contributed by atoms with Gasteiger partial charge in [0.2, 0.25) is 0 Å². The van der Waals surface area contributed by atoms with Gasteiger partial charge in [0.1, 0.15) is 11.4 Å². The maximum atomic E-state index is 13.3. The Balaban J connectivity index is 1.63. The van der Waals surface area contributed by atoms with E-state index in [1.54, 1.807) is 18.2 Å². The number of hydrogen-bond donors (Lipinski definition) is 1. The molecule has 2 saturated heterocycles. The first-order valence-corrected chi connectivity index (χ1v) is 9.25. The van der Waals surface area contributed by atoms with Crippen LogP contribution in [0.3, 0.4) is 0 Å². The maximum absolute atomic E-state index is 13.3. The van der Waals surface area contributed by atoms with Gasteiger partial charge in [-0.25, -0.2) is 4.39 Å². The van der Waals surface area contributed by atoms with Gasteiger partial charge in [-0.15, -0.1) is 0 Å². The van der Waals surface area contributed by atoms with E-state index in [1.807, 2.05) is 0 Å². The van der Waals surface area contributed by atoms with E-state index in [4.69, 9.17) is 9.47 Å². The van der Waals surface area contributed by atoms with Crippen LogP contribution in [0.5, 0.6) is 0 Å². The second-order valence-electron chi connectivity index (χ2n) is 7.39. The quantitative estimate of drug-likeness (QED) is 0.763. The standard InChI is InChI=1S/C21H21F4NO2/c22-18-6-4-14(5-7-18)19-20(28-9-8-26-19)11-16(12-27-13-20)15-2-1-3-17(10-15)21(23,24)25/h1-7,10,16,19,26H,8-9,11-13H2/t16-,19+,20?/m1/s1. The highest BCUT2D eigenvalue weighted by molar-refractivity contribution is 5.31. The van der Waals surface area contributed by atoms with Crippen molar-refractivity contribution >= 4 is 0 Å².